The Hall–Kier alpha value is -3.64. The molecule has 6 rings (SSSR count). The lowest BCUT2D eigenvalue weighted by Crippen LogP contribution is -2.29. The summed E-state index contributed by atoms with van der Waals surface area (Å²) in [6.07, 6.45) is 3.12. The molecule has 2 aliphatic heterocycles. The number of halogens is 2. The number of pyridine rings is 1. The summed E-state index contributed by atoms with van der Waals surface area (Å²) in [4.78, 5) is 32.2. The molecular weight excluding hydrogens is 595 g/mol. The van der Waals surface area contributed by atoms with Crippen molar-refractivity contribution in [1.29, 1.82) is 0 Å². The van der Waals surface area contributed by atoms with Crippen LogP contribution in [0.4, 0.5) is 5.13 Å². The number of carbonyl (C=O) groups excluding carboxylic acids is 2. The number of rotatable bonds is 6. The van der Waals surface area contributed by atoms with Crippen LogP contribution in [0, 0.1) is 0 Å². The summed E-state index contributed by atoms with van der Waals surface area (Å²) in [7, 11) is 0. The van der Waals surface area contributed by atoms with Crippen LogP contribution in [-0.2, 0) is 15.3 Å². The first-order valence-corrected chi connectivity index (χ1v) is 14.5. The number of anilines is 1. The lowest BCUT2D eigenvalue weighted by Gasteiger charge is -2.22. The summed E-state index contributed by atoms with van der Waals surface area (Å²) in [5.41, 5.74) is 1.61. The minimum absolute atomic E-state index is 0.0907. The Kier molecular flexibility index (Phi) is 7.37. The van der Waals surface area contributed by atoms with Gasteiger partial charge in [0, 0.05) is 33.8 Å². The Balaban J connectivity index is 1.36. The van der Waals surface area contributed by atoms with Gasteiger partial charge < -0.3 is 14.6 Å². The fourth-order valence-corrected chi connectivity index (χ4v) is 6.79. The molecule has 13 heteroatoms. The monoisotopic (exact) mass is 612 g/mol. The Labute approximate surface area is 246 Å². The van der Waals surface area contributed by atoms with Gasteiger partial charge in [-0.05, 0) is 47.5 Å². The third kappa shape index (κ3) is 5.01. The minimum Gasteiger partial charge on any atom is -0.507 e. The molecule has 9 nitrogen and oxygen atoms in total. The van der Waals surface area contributed by atoms with E-state index in [9.17, 15) is 14.7 Å². The lowest BCUT2D eigenvalue weighted by atomic mass is 9.96. The predicted molar refractivity (Wildman–Crippen MR) is 152 cm³/mol. The average molecular weight is 614 g/mol. The summed E-state index contributed by atoms with van der Waals surface area (Å²) in [5, 5.41) is 21.1. The number of fused-ring (bicyclic) bond motifs is 1. The van der Waals surface area contributed by atoms with Gasteiger partial charge in [0.15, 0.2) is 15.8 Å². The van der Waals surface area contributed by atoms with Gasteiger partial charge in [-0.1, -0.05) is 58.4 Å². The summed E-state index contributed by atoms with van der Waals surface area (Å²) >= 11 is 14.8. The van der Waals surface area contributed by atoms with Crippen molar-refractivity contribution in [3.8, 4) is 11.5 Å². The largest absolute Gasteiger partial charge is 0.507 e. The van der Waals surface area contributed by atoms with Crippen LogP contribution in [0.3, 0.4) is 0 Å². The van der Waals surface area contributed by atoms with Gasteiger partial charge in [0.2, 0.25) is 5.13 Å². The highest BCUT2D eigenvalue weighted by atomic mass is 35.5. The van der Waals surface area contributed by atoms with Crippen LogP contribution in [0.2, 0.25) is 10.0 Å². The van der Waals surface area contributed by atoms with Crippen molar-refractivity contribution < 1.29 is 24.2 Å². The molecule has 1 fully saturated rings. The van der Waals surface area contributed by atoms with E-state index in [1.54, 1.807) is 54.9 Å². The number of amides is 1. The standard InChI is InChI=1S/C27H18Cl2N4O5S2/c28-17-5-3-16(18(29)11-17)13-39-27-32-31-26(40-27)33-22(15-2-1-7-30-12-15)21(24(35)25(33)36)23(34)14-4-6-19-20(10-14)38-9-8-37-19/h1-7,10-12,22,34H,8-9,13H2/b23-21+. The first kappa shape index (κ1) is 26.6. The van der Waals surface area contributed by atoms with E-state index >= 15 is 0 Å². The van der Waals surface area contributed by atoms with Crippen LogP contribution in [0.1, 0.15) is 22.7 Å². The number of ketones is 1. The smallest absolute Gasteiger partial charge is 0.301 e. The van der Waals surface area contributed by atoms with Gasteiger partial charge in [-0.2, -0.15) is 0 Å². The maximum atomic E-state index is 13.4. The number of hydrogen-bond donors (Lipinski definition) is 1. The minimum atomic E-state index is -0.974. The molecule has 4 aromatic rings. The number of benzene rings is 2. The van der Waals surface area contributed by atoms with Crippen LogP contribution in [0.25, 0.3) is 5.76 Å². The van der Waals surface area contributed by atoms with E-state index in [4.69, 9.17) is 32.7 Å². The van der Waals surface area contributed by atoms with E-state index in [1.165, 1.54) is 16.7 Å². The first-order chi connectivity index (χ1) is 19.4. The van der Waals surface area contributed by atoms with E-state index in [-0.39, 0.29) is 16.5 Å². The van der Waals surface area contributed by atoms with Crippen molar-refractivity contribution in [2.24, 2.45) is 0 Å². The molecule has 0 radical (unpaired) electrons. The van der Waals surface area contributed by atoms with E-state index in [2.05, 4.69) is 15.2 Å². The molecule has 1 amide bonds. The Bertz CT molecular complexity index is 1660. The van der Waals surface area contributed by atoms with Gasteiger partial charge in [-0.3, -0.25) is 19.5 Å². The number of Topliss-reactive ketones (excluding diaryl/α,β-unsaturated/α-hetero) is 1. The molecule has 1 atom stereocenters. The van der Waals surface area contributed by atoms with Crippen LogP contribution >= 0.6 is 46.3 Å². The van der Waals surface area contributed by atoms with Crippen molar-refractivity contribution in [3.63, 3.8) is 0 Å². The second-order valence-electron chi connectivity index (χ2n) is 8.69. The summed E-state index contributed by atoms with van der Waals surface area (Å²) < 4.78 is 11.8. The molecule has 1 saturated heterocycles. The summed E-state index contributed by atoms with van der Waals surface area (Å²) in [5.74, 6) is -0.553. The summed E-state index contributed by atoms with van der Waals surface area (Å²) in [6, 6.07) is 12.5. The van der Waals surface area contributed by atoms with Crippen LogP contribution in [0.15, 0.2) is 70.8 Å². The highest BCUT2D eigenvalue weighted by Gasteiger charge is 2.48. The SMILES string of the molecule is O=C1C(=O)N(c2nnc(SCc3ccc(Cl)cc3Cl)s2)C(c2cccnc2)/C1=C(\O)c1ccc2c(c1)OCCO2. The van der Waals surface area contributed by atoms with Gasteiger partial charge in [-0.25, -0.2) is 0 Å². The van der Waals surface area contributed by atoms with Crippen molar-refractivity contribution in [2.45, 2.75) is 16.1 Å². The number of hydrogen-bond acceptors (Lipinski definition) is 10. The molecule has 0 spiro atoms. The highest BCUT2D eigenvalue weighted by molar-refractivity contribution is 8.00. The third-order valence-corrected chi connectivity index (χ3v) is 8.92. The van der Waals surface area contributed by atoms with Crippen molar-refractivity contribution in [2.75, 3.05) is 18.1 Å². The zero-order valence-corrected chi connectivity index (χ0v) is 23.6. The number of carbonyl (C=O) groups is 2. The maximum Gasteiger partial charge on any atom is 0.301 e. The number of nitrogens with zero attached hydrogens (tertiary/aromatic N) is 4. The molecule has 1 N–H and O–H groups in total. The molecule has 2 aromatic heterocycles. The Morgan fingerprint density at radius 1 is 1.07 bits per heavy atom. The lowest BCUT2D eigenvalue weighted by molar-refractivity contribution is -0.132. The molecule has 40 heavy (non-hydrogen) atoms. The van der Waals surface area contributed by atoms with Gasteiger partial charge >= 0.3 is 5.91 Å². The zero-order valence-electron chi connectivity index (χ0n) is 20.4. The second kappa shape index (κ2) is 11.1. The molecular formula is C27H18Cl2N4O5S2. The van der Waals surface area contributed by atoms with Crippen LogP contribution in [-0.4, -0.2) is 45.2 Å². The number of aliphatic hydroxyl groups excluding tert-OH is 1. The molecule has 0 saturated carbocycles. The van der Waals surface area contributed by atoms with Gasteiger partial charge in [0.25, 0.3) is 5.78 Å². The fraction of sp³-hybridized carbons (Fsp3) is 0.148. The van der Waals surface area contributed by atoms with Gasteiger partial charge in [-0.15, -0.1) is 10.2 Å². The number of aliphatic hydroxyl groups is 1. The number of aromatic nitrogens is 3. The fourth-order valence-electron chi connectivity index (χ4n) is 4.37. The third-order valence-electron chi connectivity index (χ3n) is 6.23. The molecule has 0 aliphatic carbocycles. The molecule has 2 aliphatic rings. The van der Waals surface area contributed by atoms with Crippen molar-refractivity contribution >= 4 is 68.9 Å². The number of thioether (sulfide) groups is 1. The topological polar surface area (TPSA) is 115 Å². The number of ether oxygens (including phenoxy) is 2. The van der Waals surface area contributed by atoms with E-state index in [1.807, 2.05) is 6.07 Å². The van der Waals surface area contributed by atoms with Gasteiger partial charge in [0.05, 0.1) is 11.6 Å². The quantitative estimate of drug-likeness (QED) is 0.0929. The van der Waals surface area contributed by atoms with E-state index in [0.29, 0.717) is 56.0 Å². The van der Waals surface area contributed by atoms with Crippen molar-refractivity contribution in [3.05, 3.63) is 93.2 Å². The van der Waals surface area contributed by atoms with E-state index in [0.717, 1.165) is 16.9 Å². The average Bonchev–Trinajstić information content (AvgIpc) is 3.54. The van der Waals surface area contributed by atoms with Crippen molar-refractivity contribution in [1.82, 2.24) is 15.2 Å². The predicted octanol–water partition coefficient (Wildman–Crippen LogP) is 5.93. The zero-order chi connectivity index (χ0) is 27.8. The van der Waals surface area contributed by atoms with E-state index < -0.39 is 17.7 Å². The summed E-state index contributed by atoms with van der Waals surface area (Å²) in [6.45, 7) is 0.776. The Morgan fingerprint density at radius 2 is 1.90 bits per heavy atom. The second-order valence-corrected chi connectivity index (χ2v) is 11.7. The molecule has 0 bridgehead atoms. The molecule has 2 aromatic carbocycles. The molecule has 202 valence electrons. The Morgan fingerprint density at radius 3 is 2.67 bits per heavy atom. The molecule has 4 heterocycles. The van der Waals surface area contributed by atoms with Gasteiger partial charge in [0.1, 0.15) is 19.0 Å². The van der Waals surface area contributed by atoms with Crippen LogP contribution in [0.5, 0.6) is 11.5 Å². The molecule has 1 unspecified atom stereocenters. The first-order valence-electron chi connectivity index (χ1n) is 11.9. The highest BCUT2D eigenvalue weighted by Crippen LogP contribution is 2.44. The van der Waals surface area contributed by atoms with Crippen LogP contribution < -0.4 is 14.4 Å². The maximum absolute atomic E-state index is 13.4. The normalized spacial score (nSPS) is 17.9.